The minimum atomic E-state index is -1.14. The number of fused-ring (bicyclic) bond motifs is 2. The van der Waals surface area contributed by atoms with Crippen LogP contribution in [-0.2, 0) is 84.7 Å². The van der Waals surface area contributed by atoms with Crippen LogP contribution in [0.3, 0.4) is 0 Å². The predicted molar refractivity (Wildman–Crippen MR) is 441 cm³/mol. The van der Waals surface area contributed by atoms with E-state index in [2.05, 4.69) is 37.2 Å². The molecule has 4 aromatic carbocycles. The molecular formula is C86H126N12O18. The summed E-state index contributed by atoms with van der Waals surface area (Å²) in [5.74, 6) is -5.88. The van der Waals surface area contributed by atoms with Crippen molar-refractivity contribution < 1.29 is 86.3 Å². The van der Waals surface area contributed by atoms with Gasteiger partial charge in [-0.15, -0.1) is 0 Å². The summed E-state index contributed by atoms with van der Waals surface area (Å²) in [6, 6.07) is 24.2. The molecular weight excluding hydrogens is 1490 g/mol. The average Bonchev–Trinajstić information content (AvgIpc) is 1.60. The van der Waals surface area contributed by atoms with E-state index in [9.17, 15) is 57.8 Å². The molecule has 116 heavy (non-hydrogen) atoms. The second-order valence-corrected chi connectivity index (χ2v) is 30.8. The molecule has 4 aromatic rings. The summed E-state index contributed by atoms with van der Waals surface area (Å²) < 4.78 is 34.6. The molecule has 0 radical (unpaired) electrons. The topological polar surface area (TPSA) is 387 Å². The van der Waals surface area contributed by atoms with Crippen LogP contribution < -0.4 is 47.9 Å². The van der Waals surface area contributed by atoms with Crippen molar-refractivity contribution in [3.63, 3.8) is 0 Å². The summed E-state index contributed by atoms with van der Waals surface area (Å²) in [4.78, 5) is 156. The number of aliphatic hydroxyl groups is 1. The van der Waals surface area contributed by atoms with Gasteiger partial charge < -0.3 is 91.2 Å². The second kappa shape index (κ2) is 48.6. The van der Waals surface area contributed by atoms with Gasteiger partial charge >= 0.3 is 12.1 Å². The van der Waals surface area contributed by atoms with E-state index >= 15 is 0 Å². The summed E-state index contributed by atoms with van der Waals surface area (Å²) in [6.45, 7) is 20.1. The maximum Gasteiger partial charge on any atom is 0.410 e. The number of methoxy groups -OCH3 is 2. The number of ether oxygens (including phenoxy) is 6. The Bertz CT molecular complexity index is 3870. The molecule has 30 heteroatoms. The van der Waals surface area contributed by atoms with Gasteiger partial charge in [-0.1, -0.05) is 166 Å². The Morgan fingerprint density at radius 2 is 1.23 bits per heavy atom. The van der Waals surface area contributed by atoms with E-state index < -0.39 is 126 Å². The summed E-state index contributed by atoms with van der Waals surface area (Å²) in [6.07, 6.45) is 2.88. The molecule has 2 heterocycles. The average molecular weight is 1620 g/mol. The van der Waals surface area contributed by atoms with E-state index in [0.717, 1.165) is 22.4 Å². The number of aliphatic hydroxyl groups excluding tert-OH is 1. The number of nitrogens with one attached hydrogen (secondary N) is 7. The molecule has 1 fully saturated rings. The van der Waals surface area contributed by atoms with E-state index in [0.29, 0.717) is 49.2 Å². The van der Waals surface area contributed by atoms with Gasteiger partial charge in [-0.05, 0) is 102 Å². The summed E-state index contributed by atoms with van der Waals surface area (Å²) in [7, 11) is 6.08. The summed E-state index contributed by atoms with van der Waals surface area (Å²) >= 11 is 0. The zero-order valence-electron chi connectivity index (χ0n) is 70.0. The van der Waals surface area contributed by atoms with E-state index in [4.69, 9.17) is 34.2 Å². The van der Waals surface area contributed by atoms with Crippen molar-refractivity contribution in [2.75, 3.05) is 97.8 Å². The number of hydrogen-bond acceptors (Lipinski definition) is 18. The van der Waals surface area contributed by atoms with Gasteiger partial charge in [-0.3, -0.25) is 48.1 Å². The fourth-order valence-corrected chi connectivity index (χ4v) is 14.5. The highest BCUT2D eigenvalue weighted by atomic mass is 16.6. The van der Waals surface area contributed by atoms with Gasteiger partial charge in [0.15, 0.2) is 0 Å². The molecule has 30 nitrogen and oxygen atoms in total. The Kier molecular flexibility index (Phi) is 39.8. The largest absolute Gasteiger partial charge is 0.445 e. The number of primary amides is 1. The Morgan fingerprint density at radius 1 is 0.603 bits per heavy atom. The number of benzene rings is 4. The van der Waals surface area contributed by atoms with Gasteiger partial charge in [0.05, 0.1) is 101 Å². The van der Waals surface area contributed by atoms with Crippen LogP contribution in [0.25, 0.3) is 12.2 Å². The summed E-state index contributed by atoms with van der Waals surface area (Å²) in [5.41, 5.74) is 10.5. The lowest BCUT2D eigenvalue weighted by Gasteiger charge is -2.41. The first-order valence-electron chi connectivity index (χ1n) is 40.4. The quantitative estimate of drug-likeness (QED) is 0.0192. The van der Waals surface area contributed by atoms with Crippen LogP contribution in [0.15, 0.2) is 103 Å². The van der Waals surface area contributed by atoms with Gasteiger partial charge in [0.1, 0.15) is 30.8 Å². The first-order valence-corrected chi connectivity index (χ1v) is 40.4. The minimum absolute atomic E-state index is 0.0243. The highest BCUT2D eigenvalue weighted by molar-refractivity contribution is 6.00. The van der Waals surface area contributed by atoms with Crippen molar-refractivity contribution in [2.45, 2.75) is 201 Å². The highest BCUT2D eigenvalue weighted by Crippen LogP contribution is 2.33. The number of carbonyl (C=O) groups is 11. The fraction of sp³-hybridized carbons (Fsp3) is 0.570. The first kappa shape index (κ1) is 95.0. The third kappa shape index (κ3) is 29.1. The van der Waals surface area contributed by atoms with Crippen LogP contribution in [0.5, 0.6) is 0 Å². The number of nitrogens with two attached hydrogens (primary N) is 1. The molecule has 1 saturated heterocycles. The Balaban J connectivity index is 0.925. The van der Waals surface area contributed by atoms with Gasteiger partial charge in [0, 0.05) is 72.9 Å². The van der Waals surface area contributed by atoms with Crippen molar-refractivity contribution in [3.05, 3.63) is 131 Å². The van der Waals surface area contributed by atoms with E-state index in [1.807, 2.05) is 92.7 Å². The van der Waals surface area contributed by atoms with Crippen molar-refractivity contribution in [1.82, 2.24) is 46.6 Å². The number of carbonyl (C=O) groups excluding carboxylic acids is 11. The Labute approximate surface area is 683 Å². The monoisotopic (exact) mass is 1610 g/mol. The van der Waals surface area contributed by atoms with Crippen LogP contribution in [-0.4, -0.2) is 227 Å². The lowest BCUT2D eigenvalue weighted by Crippen LogP contribution is -2.60. The lowest BCUT2D eigenvalue weighted by atomic mass is 9.89. The number of amides is 12. The molecule has 0 spiro atoms. The molecule has 0 unspecified atom stereocenters. The molecule has 2 aliphatic rings. The fourth-order valence-electron chi connectivity index (χ4n) is 14.5. The number of nitrogens with zero attached hydrogens (tertiary/aromatic N) is 4. The molecule has 0 aromatic heterocycles. The predicted octanol–water partition coefficient (Wildman–Crippen LogP) is 7.65. The molecule has 6 rings (SSSR count). The highest BCUT2D eigenvalue weighted by Gasteiger charge is 2.44. The molecule has 12 atom stereocenters. The molecule has 12 amide bonds. The third-order valence-electron chi connectivity index (χ3n) is 21.2. The van der Waals surface area contributed by atoms with Crippen molar-refractivity contribution in [3.8, 4) is 0 Å². The minimum Gasteiger partial charge on any atom is -0.445 e. The van der Waals surface area contributed by atoms with E-state index in [-0.39, 0.29) is 127 Å². The number of hydrogen-bond donors (Lipinski definition) is 9. The molecule has 10 N–H and O–H groups in total. The molecule has 2 aliphatic heterocycles. The van der Waals surface area contributed by atoms with E-state index in [1.165, 1.54) is 26.2 Å². The maximum atomic E-state index is 14.9. The van der Waals surface area contributed by atoms with Crippen LogP contribution in [0.1, 0.15) is 161 Å². The molecule has 0 aliphatic carbocycles. The van der Waals surface area contributed by atoms with Gasteiger partial charge in [-0.2, -0.15) is 0 Å². The van der Waals surface area contributed by atoms with Gasteiger partial charge in [-0.25, -0.2) is 9.59 Å². The van der Waals surface area contributed by atoms with Crippen molar-refractivity contribution in [1.29, 1.82) is 0 Å². The van der Waals surface area contributed by atoms with Crippen LogP contribution in [0.2, 0.25) is 0 Å². The number of likely N-dealkylation sites (tertiary alicyclic amines) is 1. The zero-order chi connectivity index (χ0) is 85.1. The number of anilines is 2. The first-order chi connectivity index (χ1) is 55.4. The lowest BCUT2D eigenvalue weighted by molar-refractivity contribution is -0.148. The molecule has 0 bridgehead atoms. The van der Waals surface area contributed by atoms with Gasteiger partial charge in [0.25, 0.3) is 0 Å². The maximum absolute atomic E-state index is 14.9. The Hall–Kier alpha value is -9.85. The molecule has 0 saturated carbocycles. The SMILES string of the molecule is CC[C@H](C)[C@H]([C@@H](CC(=O)N1CCC[C@@H]1[C@H](OC)[C@H](C)C(=O)N[C@H](C)[C@@H](O)c1ccccc1)OC)N(C)C(=O)[C@@H](NC(=O)[C@@H](C(C)C)N(C)C(=O)OCc1ccc(NC(=O)[C@H](CCCNC(N)=O)NC(=O)[C@H](NC(=O)CCOCCOCCOCCNC(=O)CCC(=O)N2Cc3ccccc3/C=C\c3ccccc32)C(C)C)cc1)C(C)C. The van der Waals surface area contributed by atoms with Crippen LogP contribution >= 0.6 is 0 Å². The van der Waals surface area contributed by atoms with Crippen molar-refractivity contribution >= 4 is 88.8 Å². The second-order valence-electron chi connectivity index (χ2n) is 30.8. The third-order valence-corrected chi connectivity index (χ3v) is 21.2. The van der Waals surface area contributed by atoms with Crippen LogP contribution in [0, 0.1) is 29.6 Å². The summed E-state index contributed by atoms with van der Waals surface area (Å²) in [5, 5.41) is 30.5. The number of para-hydroxylation sites is 1. The molecule has 638 valence electrons. The Morgan fingerprint density at radius 3 is 1.87 bits per heavy atom. The van der Waals surface area contributed by atoms with Crippen molar-refractivity contribution in [2.24, 2.45) is 35.3 Å². The normalized spacial score (nSPS) is 16.3. The number of likely N-dealkylation sites (N-methyl/N-ethyl adjacent to an activating group) is 2. The van der Waals surface area contributed by atoms with Crippen LogP contribution in [0.4, 0.5) is 21.0 Å². The zero-order valence-corrected chi connectivity index (χ0v) is 70.0. The number of rotatable bonds is 47. The smallest absolute Gasteiger partial charge is 0.410 e. The van der Waals surface area contributed by atoms with E-state index in [1.54, 1.807) is 114 Å². The standard InChI is InChI=1S/C86H126N12O18/c1-15-57(8)77(69(111-13)51-73(102)97-44-24-32-68(97)79(112-14)58(9)80(104)90-59(10)78(103)63-27-17-16-18-28-63)95(11)84(108)75(55(4)5)94-83(107)76(56(6)7)96(12)86(110)116-53-60-33-37-65(38-34-60)91-81(105)66(30-23-42-89-85(87)109)92-82(106)74(54(2)3)93-71(100)41-45-113-47-49-115-50-48-114-46-43-88-70(99)39-40-72(101)98-52-64-29-20-19-25-61(64)35-36-62-26-21-22-31-67(62)98/h16-22,25-29,31,33-38,54-59,66,68-69,74-79,103H,15,23-24,30,32,39-53H2,1-14H3,(H,88,99)(H,90,104)(H,91,105)(H,92,106)(H,93,100)(H,94,107)(H3,87,89,109)/b36-35-/t57-,58-,59+,66-,68+,69+,74+,75-,76+,77+,78+,79+/m0/s1. The van der Waals surface area contributed by atoms with Gasteiger partial charge in [0.2, 0.25) is 53.2 Å². The number of urea groups is 1.